The molecule has 0 aromatic carbocycles. The Kier molecular flexibility index (Phi) is 2.56. The summed E-state index contributed by atoms with van der Waals surface area (Å²) in [5.74, 6) is -0.606. The Morgan fingerprint density at radius 1 is 1.16 bits per heavy atom. The van der Waals surface area contributed by atoms with Crippen LogP contribution in [0.5, 0.6) is 0 Å². The molecule has 0 bridgehead atoms. The highest BCUT2D eigenvalue weighted by molar-refractivity contribution is 7.06. The molecule has 0 spiro atoms. The fraction of sp³-hybridized carbons (Fsp3) is 0.0909. The average molecular weight is 287 g/mol. The number of alkyl halides is 3. The molecule has 3 aromatic heterocycles. The first-order valence-electron chi connectivity index (χ1n) is 5.11. The molecule has 0 fully saturated rings. The number of aromatic nitrogens is 3. The monoisotopic (exact) mass is 287 g/mol. The lowest BCUT2D eigenvalue weighted by Gasteiger charge is -2.05. The fourth-order valence-electron chi connectivity index (χ4n) is 1.84. The number of rotatable bonds is 1. The number of nitrogens with one attached hydrogen (secondary N) is 1. The van der Waals surface area contributed by atoms with Gasteiger partial charge in [0.05, 0.1) is 6.20 Å². The highest BCUT2D eigenvalue weighted by Gasteiger charge is 2.36. The zero-order valence-electron chi connectivity index (χ0n) is 9.12. The van der Waals surface area contributed by atoms with Crippen LogP contribution in [-0.4, -0.2) is 14.3 Å². The highest BCUT2D eigenvalue weighted by atomic mass is 32.1. The predicted octanol–water partition coefficient (Wildman–Crippen LogP) is 3.84. The third-order valence-corrected chi connectivity index (χ3v) is 3.46. The van der Waals surface area contributed by atoms with Crippen molar-refractivity contribution in [2.75, 3.05) is 0 Å². The SMILES string of the molecule is Fc1cnc2[nH]cc(-c3cnsc3C(F)(F)F)c2c1. The number of pyridine rings is 1. The first kappa shape index (κ1) is 12.1. The van der Waals surface area contributed by atoms with Crippen LogP contribution >= 0.6 is 11.5 Å². The number of fused-ring (bicyclic) bond motifs is 1. The summed E-state index contributed by atoms with van der Waals surface area (Å²) in [5, 5.41) is 0.297. The molecule has 0 unspecified atom stereocenters. The lowest BCUT2D eigenvalue weighted by Crippen LogP contribution is -2.03. The zero-order chi connectivity index (χ0) is 13.6. The van der Waals surface area contributed by atoms with Gasteiger partial charge in [0, 0.05) is 28.9 Å². The van der Waals surface area contributed by atoms with Crippen molar-refractivity contribution in [1.29, 1.82) is 0 Å². The number of hydrogen-bond donors (Lipinski definition) is 1. The maximum absolute atomic E-state index is 13.2. The van der Waals surface area contributed by atoms with E-state index < -0.39 is 16.9 Å². The Morgan fingerprint density at radius 2 is 1.95 bits per heavy atom. The molecular formula is C11H5F4N3S. The van der Waals surface area contributed by atoms with E-state index in [1.807, 2.05) is 0 Å². The molecular weight excluding hydrogens is 282 g/mol. The minimum absolute atomic E-state index is 0.0730. The molecule has 0 saturated carbocycles. The van der Waals surface area contributed by atoms with Gasteiger partial charge in [-0.1, -0.05) is 0 Å². The molecule has 3 heterocycles. The van der Waals surface area contributed by atoms with Gasteiger partial charge < -0.3 is 4.98 Å². The molecule has 19 heavy (non-hydrogen) atoms. The van der Waals surface area contributed by atoms with E-state index in [0.29, 0.717) is 22.6 Å². The van der Waals surface area contributed by atoms with Crippen LogP contribution in [0.25, 0.3) is 22.2 Å². The van der Waals surface area contributed by atoms with Crippen molar-refractivity contribution >= 4 is 22.6 Å². The van der Waals surface area contributed by atoms with E-state index in [4.69, 9.17) is 0 Å². The summed E-state index contributed by atoms with van der Waals surface area (Å²) in [6.45, 7) is 0. The van der Waals surface area contributed by atoms with Crippen molar-refractivity contribution in [1.82, 2.24) is 14.3 Å². The van der Waals surface area contributed by atoms with Crippen molar-refractivity contribution < 1.29 is 17.6 Å². The van der Waals surface area contributed by atoms with E-state index in [1.54, 1.807) is 0 Å². The zero-order valence-corrected chi connectivity index (χ0v) is 9.94. The Morgan fingerprint density at radius 3 is 2.68 bits per heavy atom. The predicted molar refractivity (Wildman–Crippen MR) is 62.2 cm³/mol. The minimum atomic E-state index is -4.49. The molecule has 3 aromatic rings. The summed E-state index contributed by atoms with van der Waals surface area (Å²) in [6.07, 6.45) is -0.989. The maximum atomic E-state index is 13.2. The molecule has 0 aliphatic carbocycles. The molecule has 3 rings (SSSR count). The first-order chi connectivity index (χ1) is 8.97. The van der Waals surface area contributed by atoms with E-state index in [9.17, 15) is 17.6 Å². The van der Waals surface area contributed by atoms with Crippen LogP contribution in [0.15, 0.2) is 24.7 Å². The van der Waals surface area contributed by atoms with E-state index in [1.165, 1.54) is 6.20 Å². The summed E-state index contributed by atoms with van der Waals surface area (Å²) in [6, 6.07) is 1.14. The van der Waals surface area contributed by atoms with E-state index >= 15 is 0 Å². The molecule has 3 nitrogen and oxygen atoms in total. The number of halogens is 4. The maximum Gasteiger partial charge on any atom is 0.427 e. The highest BCUT2D eigenvalue weighted by Crippen LogP contribution is 2.41. The normalized spacial score (nSPS) is 12.2. The summed E-state index contributed by atoms with van der Waals surface area (Å²) in [4.78, 5) is 5.68. The Balaban J connectivity index is 2.26. The smallest absolute Gasteiger partial charge is 0.346 e. The van der Waals surface area contributed by atoms with Gasteiger partial charge in [-0.2, -0.15) is 17.5 Å². The van der Waals surface area contributed by atoms with Crippen LogP contribution in [0.3, 0.4) is 0 Å². The van der Waals surface area contributed by atoms with Crippen molar-refractivity contribution in [2.45, 2.75) is 6.18 Å². The molecule has 8 heteroatoms. The molecule has 1 N–H and O–H groups in total. The van der Waals surface area contributed by atoms with Gasteiger partial charge in [0.1, 0.15) is 16.3 Å². The van der Waals surface area contributed by atoms with Crippen LogP contribution in [0.1, 0.15) is 4.88 Å². The fourth-order valence-corrected chi connectivity index (χ4v) is 2.46. The molecule has 0 radical (unpaired) electrons. The summed E-state index contributed by atoms with van der Waals surface area (Å²) < 4.78 is 55.2. The Bertz CT molecular complexity index is 744. The number of nitrogens with zero attached hydrogens (tertiary/aromatic N) is 2. The third-order valence-electron chi connectivity index (χ3n) is 2.62. The van der Waals surface area contributed by atoms with Crippen LogP contribution in [0.2, 0.25) is 0 Å². The van der Waals surface area contributed by atoms with E-state index in [-0.39, 0.29) is 11.1 Å². The van der Waals surface area contributed by atoms with Crippen LogP contribution in [0.4, 0.5) is 17.6 Å². The Hall–Kier alpha value is -1.96. The minimum Gasteiger partial charge on any atom is -0.346 e. The first-order valence-corrected chi connectivity index (χ1v) is 5.89. The molecule has 0 saturated heterocycles. The second-order valence-electron chi connectivity index (χ2n) is 3.82. The summed E-state index contributed by atoms with van der Waals surface area (Å²) >= 11 is 0.364. The van der Waals surface area contributed by atoms with Crippen molar-refractivity contribution in [3.63, 3.8) is 0 Å². The van der Waals surface area contributed by atoms with Crippen molar-refractivity contribution in [2.24, 2.45) is 0 Å². The molecule has 0 amide bonds. The number of H-pyrrole nitrogens is 1. The van der Waals surface area contributed by atoms with Gasteiger partial charge in [-0.15, -0.1) is 0 Å². The van der Waals surface area contributed by atoms with Crippen LogP contribution in [-0.2, 0) is 6.18 Å². The van der Waals surface area contributed by atoms with E-state index in [0.717, 1.165) is 18.5 Å². The third kappa shape index (κ3) is 1.97. The number of hydrogen-bond acceptors (Lipinski definition) is 3. The second kappa shape index (κ2) is 4.02. The van der Waals surface area contributed by atoms with Crippen LogP contribution < -0.4 is 0 Å². The topological polar surface area (TPSA) is 41.6 Å². The van der Waals surface area contributed by atoms with Gasteiger partial charge >= 0.3 is 6.18 Å². The van der Waals surface area contributed by atoms with Gasteiger partial charge in [0.25, 0.3) is 0 Å². The second-order valence-corrected chi connectivity index (χ2v) is 4.62. The van der Waals surface area contributed by atoms with Crippen molar-refractivity contribution in [3.8, 4) is 11.1 Å². The van der Waals surface area contributed by atoms with Gasteiger partial charge in [-0.25, -0.2) is 9.37 Å². The molecule has 0 aliphatic heterocycles. The number of aromatic amines is 1. The van der Waals surface area contributed by atoms with Crippen molar-refractivity contribution in [3.05, 3.63) is 35.4 Å². The average Bonchev–Trinajstić information content (AvgIpc) is 2.91. The summed E-state index contributed by atoms with van der Waals surface area (Å²) in [7, 11) is 0. The molecule has 0 atom stereocenters. The van der Waals surface area contributed by atoms with Gasteiger partial charge in [-0.05, 0) is 17.6 Å². The van der Waals surface area contributed by atoms with Crippen LogP contribution in [0, 0.1) is 5.82 Å². The lowest BCUT2D eigenvalue weighted by atomic mass is 10.1. The Labute approximate surface area is 108 Å². The standard InChI is InChI=1S/C11H5F4N3S/c12-5-1-6-7(3-17-10(6)16-2-5)8-4-18-19-9(8)11(13,14)15/h1-4H,(H,16,17). The lowest BCUT2D eigenvalue weighted by molar-refractivity contribution is -0.133. The molecule has 98 valence electrons. The van der Waals surface area contributed by atoms with Gasteiger partial charge in [0.2, 0.25) is 0 Å². The quantitative estimate of drug-likeness (QED) is 0.691. The van der Waals surface area contributed by atoms with E-state index in [2.05, 4.69) is 14.3 Å². The summed E-state index contributed by atoms with van der Waals surface area (Å²) in [5.41, 5.74) is 0.495. The molecule has 0 aliphatic rings. The van der Waals surface area contributed by atoms with Gasteiger partial charge in [-0.3, -0.25) is 0 Å². The van der Waals surface area contributed by atoms with Gasteiger partial charge in [0.15, 0.2) is 0 Å². The largest absolute Gasteiger partial charge is 0.427 e.